The second-order valence-corrected chi connectivity index (χ2v) is 3.79. The summed E-state index contributed by atoms with van der Waals surface area (Å²) in [6.07, 6.45) is 5.87. The molecule has 1 heterocycles. The van der Waals surface area contributed by atoms with E-state index in [0.717, 1.165) is 18.8 Å². The molecule has 0 N–H and O–H groups in total. The Labute approximate surface area is 90.5 Å². The average Bonchev–Trinajstić information content (AvgIpc) is 2.55. The van der Waals surface area contributed by atoms with Gasteiger partial charge in [-0.05, 0) is 18.0 Å². The Hall–Kier alpha value is -0.570. The van der Waals surface area contributed by atoms with Gasteiger partial charge in [0.1, 0.15) is 5.82 Å². The smallest absolute Gasteiger partial charge is 0.225 e. The third-order valence-corrected chi connectivity index (χ3v) is 2.61. The van der Waals surface area contributed by atoms with Gasteiger partial charge in [0, 0.05) is 13.0 Å². The summed E-state index contributed by atoms with van der Waals surface area (Å²) >= 11 is 5.93. The number of nitrogens with zero attached hydrogens (tertiary/aromatic N) is 3. The van der Waals surface area contributed by atoms with E-state index >= 15 is 0 Å². The molecule has 1 aromatic rings. The third kappa shape index (κ3) is 2.98. The van der Waals surface area contributed by atoms with Crippen molar-refractivity contribution in [1.29, 1.82) is 0 Å². The molecule has 0 amide bonds. The topological polar surface area (TPSA) is 30.7 Å². The van der Waals surface area contributed by atoms with E-state index in [0.29, 0.717) is 5.28 Å². The van der Waals surface area contributed by atoms with Crippen LogP contribution in [0.2, 0.25) is 5.28 Å². The molecular formula is C10H18ClN3. The van der Waals surface area contributed by atoms with Crippen LogP contribution in [0, 0.1) is 0 Å². The lowest BCUT2D eigenvalue weighted by Crippen LogP contribution is -2.03. The summed E-state index contributed by atoms with van der Waals surface area (Å²) in [5.41, 5.74) is 0. The summed E-state index contributed by atoms with van der Waals surface area (Å²) in [4.78, 5) is 0. The van der Waals surface area contributed by atoms with Gasteiger partial charge in [-0.2, -0.15) is 0 Å². The van der Waals surface area contributed by atoms with Crippen molar-refractivity contribution in [2.45, 2.75) is 52.5 Å². The maximum absolute atomic E-state index is 5.93. The molecule has 0 saturated carbocycles. The first-order valence-electron chi connectivity index (χ1n) is 5.37. The fourth-order valence-electron chi connectivity index (χ4n) is 1.49. The summed E-state index contributed by atoms with van der Waals surface area (Å²) in [7, 11) is 0. The van der Waals surface area contributed by atoms with Crippen molar-refractivity contribution in [2.75, 3.05) is 0 Å². The van der Waals surface area contributed by atoms with Gasteiger partial charge in [0.05, 0.1) is 0 Å². The highest BCUT2D eigenvalue weighted by atomic mass is 35.5. The Morgan fingerprint density at radius 3 is 2.57 bits per heavy atom. The first kappa shape index (κ1) is 11.5. The number of unbranched alkanes of at least 4 members (excludes halogenated alkanes) is 3. The van der Waals surface area contributed by atoms with Crippen LogP contribution in [-0.4, -0.2) is 14.8 Å². The Balaban J connectivity index is 2.44. The van der Waals surface area contributed by atoms with Gasteiger partial charge in [0.15, 0.2) is 0 Å². The van der Waals surface area contributed by atoms with Crippen LogP contribution in [-0.2, 0) is 13.0 Å². The summed E-state index contributed by atoms with van der Waals surface area (Å²) in [5.74, 6) is 0.992. The number of hydrogen-bond donors (Lipinski definition) is 0. The fourth-order valence-corrected chi connectivity index (χ4v) is 1.71. The van der Waals surface area contributed by atoms with Crippen LogP contribution in [0.25, 0.3) is 0 Å². The van der Waals surface area contributed by atoms with Crippen LogP contribution in [0.1, 0.15) is 45.4 Å². The summed E-state index contributed by atoms with van der Waals surface area (Å²) in [6.45, 7) is 5.24. The molecule has 0 radical (unpaired) electrons. The van der Waals surface area contributed by atoms with E-state index in [-0.39, 0.29) is 0 Å². The molecule has 0 fully saturated rings. The zero-order valence-electron chi connectivity index (χ0n) is 8.96. The predicted octanol–water partition coefficient (Wildman–Crippen LogP) is 3.07. The molecule has 0 aromatic carbocycles. The molecule has 0 aliphatic heterocycles. The monoisotopic (exact) mass is 215 g/mol. The van der Waals surface area contributed by atoms with Crippen molar-refractivity contribution in [3.8, 4) is 0 Å². The minimum atomic E-state index is 0.526. The van der Waals surface area contributed by atoms with Crippen LogP contribution >= 0.6 is 11.6 Å². The maximum Gasteiger partial charge on any atom is 0.225 e. The van der Waals surface area contributed by atoms with Crippen molar-refractivity contribution in [3.63, 3.8) is 0 Å². The van der Waals surface area contributed by atoms with Crippen LogP contribution in [0.3, 0.4) is 0 Å². The Bertz CT molecular complexity index is 270. The van der Waals surface area contributed by atoms with Crippen LogP contribution < -0.4 is 0 Å². The molecule has 0 bridgehead atoms. The SMILES string of the molecule is CCCCCCn1c(Cl)nnc1CC. The highest BCUT2D eigenvalue weighted by Crippen LogP contribution is 2.11. The van der Waals surface area contributed by atoms with Gasteiger partial charge in [0.2, 0.25) is 5.28 Å². The summed E-state index contributed by atoms with van der Waals surface area (Å²) in [6, 6.07) is 0. The van der Waals surface area contributed by atoms with Crippen LogP contribution in [0.5, 0.6) is 0 Å². The van der Waals surface area contributed by atoms with Crippen molar-refractivity contribution >= 4 is 11.6 Å². The molecule has 4 heteroatoms. The molecule has 0 atom stereocenters. The number of rotatable bonds is 6. The van der Waals surface area contributed by atoms with E-state index in [1.165, 1.54) is 25.7 Å². The lowest BCUT2D eigenvalue weighted by molar-refractivity contribution is 0.567. The van der Waals surface area contributed by atoms with Gasteiger partial charge in [-0.3, -0.25) is 0 Å². The van der Waals surface area contributed by atoms with E-state index in [9.17, 15) is 0 Å². The molecule has 3 nitrogen and oxygen atoms in total. The largest absolute Gasteiger partial charge is 0.302 e. The van der Waals surface area contributed by atoms with Gasteiger partial charge < -0.3 is 4.57 Å². The summed E-state index contributed by atoms with van der Waals surface area (Å²) < 4.78 is 2.01. The van der Waals surface area contributed by atoms with Gasteiger partial charge in [-0.15, -0.1) is 10.2 Å². The zero-order valence-corrected chi connectivity index (χ0v) is 9.72. The van der Waals surface area contributed by atoms with Gasteiger partial charge in [0.25, 0.3) is 0 Å². The van der Waals surface area contributed by atoms with Crippen molar-refractivity contribution < 1.29 is 0 Å². The molecule has 1 aromatic heterocycles. The molecule has 0 spiro atoms. The quantitative estimate of drug-likeness (QED) is 0.683. The molecule has 0 saturated heterocycles. The molecule has 0 aliphatic rings. The Kier molecular flexibility index (Phi) is 4.94. The predicted molar refractivity (Wildman–Crippen MR) is 58.6 cm³/mol. The molecule has 14 heavy (non-hydrogen) atoms. The first-order chi connectivity index (χ1) is 6.79. The van der Waals surface area contributed by atoms with Crippen molar-refractivity contribution in [1.82, 2.24) is 14.8 Å². The number of aryl methyl sites for hydroxylation is 1. The zero-order chi connectivity index (χ0) is 10.4. The summed E-state index contributed by atoms with van der Waals surface area (Å²) in [5, 5.41) is 8.41. The number of aromatic nitrogens is 3. The van der Waals surface area contributed by atoms with E-state index in [1.54, 1.807) is 0 Å². The van der Waals surface area contributed by atoms with E-state index in [2.05, 4.69) is 24.0 Å². The lowest BCUT2D eigenvalue weighted by atomic mass is 10.2. The highest BCUT2D eigenvalue weighted by molar-refractivity contribution is 6.28. The van der Waals surface area contributed by atoms with Crippen molar-refractivity contribution in [3.05, 3.63) is 11.1 Å². The van der Waals surface area contributed by atoms with Gasteiger partial charge in [-0.25, -0.2) is 0 Å². The van der Waals surface area contributed by atoms with Crippen LogP contribution in [0.15, 0.2) is 0 Å². The van der Waals surface area contributed by atoms with E-state index in [1.807, 2.05) is 4.57 Å². The Morgan fingerprint density at radius 2 is 1.93 bits per heavy atom. The van der Waals surface area contributed by atoms with E-state index in [4.69, 9.17) is 11.6 Å². The standard InChI is InChI=1S/C10H18ClN3/c1-3-5-6-7-8-14-9(4-2)12-13-10(14)11/h3-8H2,1-2H3. The lowest BCUT2D eigenvalue weighted by Gasteiger charge is -2.05. The maximum atomic E-state index is 5.93. The van der Waals surface area contributed by atoms with Crippen LogP contribution in [0.4, 0.5) is 0 Å². The molecule has 0 aliphatic carbocycles. The fraction of sp³-hybridized carbons (Fsp3) is 0.800. The minimum Gasteiger partial charge on any atom is -0.302 e. The second-order valence-electron chi connectivity index (χ2n) is 3.45. The average molecular weight is 216 g/mol. The molecule has 0 unspecified atom stereocenters. The third-order valence-electron chi connectivity index (χ3n) is 2.33. The minimum absolute atomic E-state index is 0.526. The molecular weight excluding hydrogens is 198 g/mol. The Morgan fingerprint density at radius 1 is 1.14 bits per heavy atom. The van der Waals surface area contributed by atoms with Crippen molar-refractivity contribution in [2.24, 2.45) is 0 Å². The number of hydrogen-bond acceptors (Lipinski definition) is 2. The van der Waals surface area contributed by atoms with Gasteiger partial charge in [-0.1, -0.05) is 33.1 Å². The van der Waals surface area contributed by atoms with Gasteiger partial charge >= 0.3 is 0 Å². The molecule has 1 rings (SSSR count). The number of halogens is 1. The van der Waals surface area contributed by atoms with E-state index < -0.39 is 0 Å². The molecule has 80 valence electrons. The second kappa shape index (κ2) is 6.02. The normalized spacial score (nSPS) is 10.8. The highest BCUT2D eigenvalue weighted by Gasteiger charge is 2.06. The first-order valence-corrected chi connectivity index (χ1v) is 5.75.